The van der Waals surface area contributed by atoms with Crippen LogP contribution in [-0.4, -0.2) is 81.4 Å². The number of benzene rings is 2. The maximum atomic E-state index is 13.1. The molecule has 1 atom stereocenters. The monoisotopic (exact) mass is 556 g/mol. The molecule has 0 aliphatic carbocycles. The van der Waals surface area contributed by atoms with Gasteiger partial charge >= 0.3 is 5.97 Å². The minimum atomic E-state index is -4.37. The number of carbonyl (C=O) groups is 3. The number of hydrogen-bond acceptors (Lipinski definition) is 8. The molecule has 0 aliphatic heterocycles. The molecule has 0 aliphatic rings. The van der Waals surface area contributed by atoms with Gasteiger partial charge in [0, 0.05) is 30.1 Å². The Morgan fingerprint density at radius 3 is 2.67 bits per heavy atom. The highest BCUT2D eigenvalue weighted by Gasteiger charge is 2.26. The summed E-state index contributed by atoms with van der Waals surface area (Å²) in [6.45, 7) is 1.30. The number of rotatable bonds is 15. The van der Waals surface area contributed by atoms with E-state index in [0.29, 0.717) is 13.0 Å². The first kappa shape index (κ1) is 29.7. The minimum Gasteiger partial charge on any atom is -0.492 e. The Hall–Kier alpha value is -3.87. The fourth-order valence-corrected chi connectivity index (χ4v) is 5.20. The molecule has 3 rings (SSSR count). The van der Waals surface area contributed by atoms with Crippen molar-refractivity contribution in [1.82, 2.24) is 19.9 Å². The largest absolute Gasteiger partial charge is 0.492 e. The number of carbonyl (C=O) groups excluding carboxylic acids is 2. The van der Waals surface area contributed by atoms with E-state index in [1.54, 1.807) is 6.20 Å². The molecule has 1 unspecified atom stereocenters. The van der Waals surface area contributed by atoms with Crippen LogP contribution in [-0.2, 0) is 26.0 Å². The molecule has 0 radical (unpaired) electrons. The summed E-state index contributed by atoms with van der Waals surface area (Å²) in [5.41, 5.74) is 1.95. The Labute approximate surface area is 227 Å². The van der Waals surface area contributed by atoms with Crippen LogP contribution in [0.1, 0.15) is 28.8 Å². The van der Waals surface area contributed by atoms with Gasteiger partial charge in [0.05, 0.1) is 24.6 Å². The van der Waals surface area contributed by atoms with Crippen LogP contribution >= 0.6 is 0 Å². The Morgan fingerprint density at radius 1 is 1.15 bits per heavy atom. The van der Waals surface area contributed by atoms with Crippen molar-refractivity contribution < 1.29 is 32.6 Å². The number of nitrogens with one attached hydrogen (secondary N) is 2. The van der Waals surface area contributed by atoms with Gasteiger partial charge < -0.3 is 24.9 Å². The lowest BCUT2D eigenvalue weighted by molar-refractivity contribution is -0.138. The van der Waals surface area contributed by atoms with Crippen LogP contribution in [0.25, 0.3) is 10.9 Å². The van der Waals surface area contributed by atoms with Gasteiger partial charge in [-0.05, 0) is 63.0 Å². The number of pyridine rings is 1. The Morgan fingerprint density at radius 2 is 1.95 bits per heavy atom. The van der Waals surface area contributed by atoms with E-state index in [1.807, 2.05) is 49.3 Å². The smallest absolute Gasteiger partial charge is 0.305 e. The number of carboxylic acid groups (broad SMARTS) is 1. The SMILES string of the molecule is CN(C)CCCNC(=O)c1ccc(S(=O)(=O)NC(C=O)CC(=O)O)c(OCCc2cccc3ncccc23)c1. The number of aliphatic carboxylic acids is 1. The van der Waals surface area contributed by atoms with Gasteiger partial charge in [-0.1, -0.05) is 18.2 Å². The third-order valence-electron chi connectivity index (χ3n) is 5.79. The van der Waals surface area contributed by atoms with Crippen molar-refractivity contribution in [3.05, 3.63) is 65.9 Å². The molecule has 1 aromatic heterocycles. The summed E-state index contributed by atoms with van der Waals surface area (Å²) in [5, 5.41) is 12.7. The van der Waals surface area contributed by atoms with Gasteiger partial charge in [0.15, 0.2) is 0 Å². The van der Waals surface area contributed by atoms with Crippen LogP contribution in [0.15, 0.2) is 59.6 Å². The van der Waals surface area contributed by atoms with Crippen molar-refractivity contribution in [2.75, 3.05) is 33.8 Å². The Balaban J connectivity index is 1.85. The average molecular weight is 557 g/mol. The third kappa shape index (κ3) is 8.57. The maximum Gasteiger partial charge on any atom is 0.305 e. The zero-order valence-corrected chi connectivity index (χ0v) is 22.6. The Kier molecular flexibility index (Phi) is 10.5. The van der Waals surface area contributed by atoms with E-state index in [1.165, 1.54) is 18.2 Å². The summed E-state index contributed by atoms with van der Waals surface area (Å²) in [4.78, 5) is 41.1. The third-order valence-corrected chi connectivity index (χ3v) is 7.32. The quantitative estimate of drug-likeness (QED) is 0.188. The molecule has 1 heterocycles. The van der Waals surface area contributed by atoms with E-state index in [-0.39, 0.29) is 29.1 Å². The molecule has 2 aromatic carbocycles. The molecular weight excluding hydrogens is 524 g/mol. The molecule has 0 saturated heterocycles. The van der Waals surface area contributed by atoms with Crippen molar-refractivity contribution in [3.8, 4) is 5.75 Å². The Bertz CT molecular complexity index is 1420. The summed E-state index contributed by atoms with van der Waals surface area (Å²) in [7, 11) is -0.508. The summed E-state index contributed by atoms with van der Waals surface area (Å²) in [6, 6.07) is 11.8. The lowest BCUT2D eigenvalue weighted by atomic mass is 10.1. The first-order valence-electron chi connectivity index (χ1n) is 12.3. The summed E-state index contributed by atoms with van der Waals surface area (Å²) in [5.74, 6) is -1.83. The molecule has 11 nitrogen and oxygen atoms in total. The van der Waals surface area contributed by atoms with Crippen LogP contribution in [0.3, 0.4) is 0 Å². The predicted molar refractivity (Wildman–Crippen MR) is 145 cm³/mol. The zero-order chi connectivity index (χ0) is 28.4. The van der Waals surface area contributed by atoms with Crippen LogP contribution in [0.4, 0.5) is 0 Å². The second-order valence-electron chi connectivity index (χ2n) is 9.12. The van der Waals surface area contributed by atoms with Crippen LogP contribution in [0.2, 0.25) is 0 Å². The molecule has 0 fully saturated rings. The lowest BCUT2D eigenvalue weighted by Crippen LogP contribution is -2.37. The fraction of sp³-hybridized carbons (Fsp3) is 0.333. The van der Waals surface area contributed by atoms with Gasteiger partial charge in [0.1, 0.15) is 16.9 Å². The number of nitrogens with zero attached hydrogens (tertiary/aromatic N) is 2. The lowest BCUT2D eigenvalue weighted by Gasteiger charge is -2.17. The van der Waals surface area contributed by atoms with E-state index in [4.69, 9.17) is 9.84 Å². The highest BCUT2D eigenvalue weighted by atomic mass is 32.2. The molecular formula is C27H32N4O7S. The minimum absolute atomic E-state index is 0.0800. The van der Waals surface area contributed by atoms with Crippen molar-refractivity contribution in [3.63, 3.8) is 0 Å². The number of fused-ring (bicyclic) bond motifs is 1. The van der Waals surface area contributed by atoms with Crippen molar-refractivity contribution in [2.45, 2.75) is 30.2 Å². The van der Waals surface area contributed by atoms with E-state index in [9.17, 15) is 22.8 Å². The van der Waals surface area contributed by atoms with E-state index in [0.717, 1.165) is 29.4 Å². The van der Waals surface area contributed by atoms with Gasteiger partial charge in [0.2, 0.25) is 10.0 Å². The molecule has 208 valence electrons. The summed E-state index contributed by atoms with van der Waals surface area (Å²) in [6.07, 6.45) is 2.35. The number of sulfonamides is 1. The van der Waals surface area contributed by atoms with Gasteiger partial charge in [-0.15, -0.1) is 0 Å². The van der Waals surface area contributed by atoms with E-state index in [2.05, 4.69) is 15.0 Å². The summed E-state index contributed by atoms with van der Waals surface area (Å²) >= 11 is 0. The first-order valence-corrected chi connectivity index (χ1v) is 13.8. The number of aromatic nitrogens is 1. The van der Waals surface area contributed by atoms with Gasteiger partial charge in [-0.2, -0.15) is 0 Å². The number of amides is 1. The standard InChI is InChI=1S/C27H32N4O7S/c1-31(2)14-5-13-29-27(35)20-9-10-25(39(36,37)30-21(18-32)17-26(33)34)24(16-20)38-15-11-19-6-3-8-23-22(19)7-4-12-28-23/h3-4,6-10,12,16,18,21,30H,5,11,13-15,17H2,1-2H3,(H,29,35)(H,33,34). The topological polar surface area (TPSA) is 155 Å². The van der Waals surface area contributed by atoms with Crippen LogP contribution < -0.4 is 14.8 Å². The van der Waals surface area contributed by atoms with Crippen molar-refractivity contribution >= 4 is 39.1 Å². The number of hydrogen-bond donors (Lipinski definition) is 3. The molecule has 1 amide bonds. The van der Waals surface area contributed by atoms with Crippen molar-refractivity contribution in [2.24, 2.45) is 0 Å². The molecule has 39 heavy (non-hydrogen) atoms. The second kappa shape index (κ2) is 13.8. The van der Waals surface area contributed by atoms with Gasteiger partial charge in [-0.3, -0.25) is 14.6 Å². The highest BCUT2D eigenvalue weighted by molar-refractivity contribution is 7.89. The second-order valence-corrected chi connectivity index (χ2v) is 10.8. The molecule has 12 heteroatoms. The fourth-order valence-electron chi connectivity index (χ4n) is 3.91. The van der Waals surface area contributed by atoms with Crippen LogP contribution in [0.5, 0.6) is 5.75 Å². The zero-order valence-electron chi connectivity index (χ0n) is 21.8. The van der Waals surface area contributed by atoms with E-state index >= 15 is 0 Å². The average Bonchev–Trinajstić information content (AvgIpc) is 2.90. The normalized spacial score (nSPS) is 12.3. The number of aldehydes is 1. The summed E-state index contributed by atoms with van der Waals surface area (Å²) < 4.78 is 34.2. The number of ether oxygens (including phenoxy) is 1. The number of carboxylic acids is 1. The van der Waals surface area contributed by atoms with Gasteiger partial charge in [-0.25, -0.2) is 13.1 Å². The predicted octanol–water partition coefficient (Wildman–Crippen LogP) is 1.86. The molecule has 0 bridgehead atoms. The van der Waals surface area contributed by atoms with Gasteiger partial charge in [0.25, 0.3) is 5.91 Å². The van der Waals surface area contributed by atoms with E-state index < -0.39 is 34.4 Å². The molecule has 3 N–H and O–H groups in total. The highest BCUT2D eigenvalue weighted by Crippen LogP contribution is 2.27. The van der Waals surface area contributed by atoms with Crippen molar-refractivity contribution in [1.29, 1.82) is 0 Å². The maximum absolute atomic E-state index is 13.1. The first-order chi connectivity index (χ1) is 18.6. The molecule has 0 spiro atoms. The van der Waals surface area contributed by atoms with Crippen LogP contribution in [0, 0.1) is 0 Å². The molecule has 0 saturated carbocycles. The molecule has 3 aromatic rings.